The van der Waals surface area contributed by atoms with Crippen molar-refractivity contribution in [1.29, 1.82) is 0 Å². The molecule has 2 aromatic rings. The fourth-order valence-corrected chi connectivity index (χ4v) is 6.05. The number of ether oxygens (including phenoxy) is 1. The number of likely N-dealkylation sites (N-methyl/N-ethyl adjacent to an activating group) is 1. The van der Waals surface area contributed by atoms with Crippen molar-refractivity contribution in [3.05, 3.63) is 59.1 Å². The largest absolute Gasteiger partial charge is 0.497 e. The number of sulfonamides is 1. The summed E-state index contributed by atoms with van der Waals surface area (Å²) >= 11 is 6.08. The maximum Gasteiger partial charge on any atom is 0.245 e. The van der Waals surface area contributed by atoms with Crippen LogP contribution in [0.4, 0.5) is 0 Å². The molecule has 2 atom stereocenters. The maximum absolute atomic E-state index is 13.7. The number of hydrogen-bond acceptors (Lipinski definition) is 7. The summed E-state index contributed by atoms with van der Waals surface area (Å²) in [5.41, 5.74) is 2.32. The Morgan fingerprint density at radius 2 is 1.89 bits per heavy atom. The van der Waals surface area contributed by atoms with Crippen LogP contribution in [0.5, 0.6) is 5.75 Å². The number of nitrogens with zero attached hydrogens (tertiary/aromatic N) is 3. The Hall–Kier alpha value is -3.19. The first kappa shape index (κ1) is 29.4. The number of carbonyl (C=O) groups is 3. The van der Waals surface area contributed by atoms with Crippen molar-refractivity contribution in [3.63, 3.8) is 0 Å². The summed E-state index contributed by atoms with van der Waals surface area (Å²) in [5.74, 6) is -1.24. The van der Waals surface area contributed by atoms with Crippen LogP contribution in [0.2, 0.25) is 5.02 Å². The normalized spacial score (nSPS) is 18.0. The Morgan fingerprint density at radius 1 is 1.21 bits per heavy atom. The minimum Gasteiger partial charge on any atom is -0.497 e. The average Bonchev–Trinajstić information content (AvgIpc) is 2.89. The number of piperazine rings is 1. The van der Waals surface area contributed by atoms with Crippen molar-refractivity contribution in [2.45, 2.75) is 36.7 Å². The lowest BCUT2D eigenvalue weighted by Crippen LogP contribution is -2.63. The number of hydroxylamine groups is 1. The number of nitrogens with one attached hydrogen (secondary N) is 1. The zero-order valence-corrected chi connectivity index (χ0v) is 22.9. The van der Waals surface area contributed by atoms with Crippen LogP contribution in [0.1, 0.15) is 18.9 Å². The Balaban J connectivity index is 1.93. The second kappa shape index (κ2) is 12.6. The van der Waals surface area contributed by atoms with Gasteiger partial charge in [0.2, 0.25) is 27.7 Å². The van der Waals surface area contributed by atoms with Crippen molar-refractivity contribution < 1.29 is 32.7 Å². The molecule has 206 valence electrons. The minimum atomic E-state index is -4.14. The summed E-state index contributed by atoms with van der Waals surface area (Å²) in [7, 11) is -1.13. The molecule has 0 radical (unpaired) electrons. The molecule has 2 aromatic carbocycles. The van der Waals surface area contributed by atoms with E-state index in [4.69, 9.17) is 21.5 Å². The van der Waals surface area contributed by atoms with Crippen molar-refractivity contribution in [1.82, 2.24) is 19.6 Å². The molecule has 3 rings (SSSR count). The van der Waals surface area contributed by atoms with Gasteiger partial charge in [-0.2, -0.15) is 4.31 Å². The zero-order valence-electron chi connectivity index (χ0n) is 21.3. The van der Waals surface area contributed by atoms with E-state index in [2.05, 4.69) is 0 Å². The third-order valence-corrected chi connectivity index (χ3v) is 8.50. The van der Waals surface area contributed by atoms with E-state index in [0.717, 1.165) is 9.87 Å². The van der Waals surface area contributed by atoms with Crippen molar-refractivity contribution in [3.8, 4) is 5.75 Å². The van der Waals surface area contributed by atoms with Gasteiger partial charge in [0.15, 0.2) is 0 Å². The number of carbonyl (C=O) groups excluding carboxylic acids is 3. The zero-order chi connectivity index (χ0) is 28.0. The highest BCUT2D eigenvalue weighted by Gasteiger charge is 2.41. The first-order valence-electron chi connectivity index (χ1n) is 11.9. The number of methoxy groups -OCH3 is 1. The first-order chi connectivity index (χ1) is 18.0. The Labute approximate surface area is 226 Å². The van der Waals surface area contributed by atoms with Gasteiger partial charge in [-0.05, 0) is 55.3 Å². The van der Waals surface area contributed by atoms with Crippen LogP contribution in [-0.2, 0) is 30.8 Å². The summed E-state index contributed by atoms with van der Waals surface area (Å²) in [4.78, 5) is 40.8. The van der Waals surface area contributed by atoms with E-state index in [1.54, 1.807) is 36.8 Å². The Kier molecular flexibility index (Phi) is 9.71. The molecule has 13 heteroatoms. The van der Waals surface area contributed by atoms with Gasteiger partial charge in [-0.25, -0.2) is 13.9 Å². The van der Waals surface area contributed by atoms with Crippen LogP contribution in [0.15, 0.2) is 53.4 Å². The average molecular weight is 567 g/mol. The highest BCUT2D eigenvalue weighted by molar-refractivity contribution is 7.89. The molecule has 0 aromatic heterocycles. The summed E-state index contributed by atoms with van der Waals surface area (Å²) in [5, 5.41) is 9.50. The van der Waals surface area contributed by atoms with Crippen LogP contribution < -0.4 is 10.2 Å². The fraction of sp³-hybridized carbons (Fsp3) is 0.400. The molecule has 1 saturated heterocycles. The Morgan fingerprint density at radius 3 is 2.50 bits per heavy atom. The molecule has 0 bridgehead atoms. The Bertz CT molecular complexity index is 1270. The summed E-state index contributed by atoms with van der Waals surface area (Å²) in [6, 6.07) is 11.1. The van der Waals surface area contributed by atoms with E-state index in [0.29, 0.717) is 10.8 Å². The molecule has 1 aliphatic heterocycles. The number of rotatable bonds is 10. The van der Waals surface area contributed by atoms with E-state index in [9.17, 15) is 22.8 Å². The highest BCUT2D eigenvalue weighted by atomic mass is 35.5. The molecule has 0 spiro atoms. The molecule has 0 aliphatic carbocycles. The molecule has 0 saturated carbocycles. The molecule has 11 nitrogen and oxygen atoms in total. The smallest absolute Gasteiger partial charge is 0.245 e. The van der Waals surface area contributed by atoms with Gasteiger partial charge in [0.25, 0.3) is 0 Å². The number of hydrogen-bond donors (Lipinski definition) is 2. The van der Waals surface area contributed by atoms with Crippen molar-refractivity contribution >= 4 is 39.3 Å². The first-order valence-corrected chi connectivity index (χ1v) is 13.7. The van der Waals surface area contributed by atoms with Crippen LogP contribution in [0, 0.1) is 0 Å². The van der Waals surface area contributed by atoms with Gasteiger partial charge >= 0.3 is 0 Å². The monoisotopic (exact) mass is 566 g/mol. The standard InChI is InChI=1S/C25H31ClN4O7S/c1-17-25(33)28(2)15-20(14-23(31)27-34)30(17)24(32)16-29(12-11-18-5-4-6-19(26)13-18)38(35,36)22-9-7-21(37-3)8-10-22/h4-10,13,17,20,34H,11-12,14-16H2,1-3H3,(H,27,31)/t17-,20?/m0/s1. The van der Waals surface area contributed by atoms with Gasteiger partial charge in [0.05, 0.1) is 31.0 Å². The molecular weight excluding hydrogens is 536 g/mol. The van der Waals surface area contributed by atoms with E-state index in [1.807, 2.05) is 0 Å². The summed E-state index contributed by atoms with van der Waals surface area (Å²) < 4.78 is 33.5. The molecule has 2 N–H and O–H groups in total. The molecule has 1 aliphatic rings. The van der Waals surface area contributed by atoms with Crippen molar-refractivity contribution in [2.24, 2.45) is 0 Å². The van der Waals surface area contributed by atoms with E-state index in [-0.39, 0.29) is 36.7 Å². The second-order valence-corrected chi connectivity index (χ2v) is 11.4. The number of halogens is 1. The predicted molar refractivity (Wildman–Crippen MR) is 139 cm³/mol. The van der Waals surface area contributed by atoms with E-state index in [1.165, 1.54) is 48.1 Å². The second-order valence-electron chi connectivity index (χ2n) is 8.98. The fourth-order valence-electron chi connectivity index (χ4n) is 4.45. The third kappa shape index (κ3) is 6.81. The van der Waals surface area contributed by atoms with E-state index < -0.39 is 40.5 Å². The van der Waals surface area contributed by atoms with Gasteiger partial charge in [0, 0.05) is 25.2 Å². The van der Waals surface area contributed by atoms with Crippen LogP contribution in [0.25, 0.3) is 0 Å². The third-order valence-electron chi connectivity index (χ3n) is 6.41. The lowest BCUT2D eigenvalue weighted by Gasteiger charge is -2.44. The molecule has 3 amide bonds. The van der Waals surface area contributed by atoms with Gasteiger partial charge in [0.1, 0.15) is 11.8 Å². The molecular formula is C25H31ClN4O7S. The SMILES string of the molecule is COc1ccc(S(=O)(=O)N(CCc2cccc(Cl)c2)CC(=O)N2C(CC(=O)NO)CN(C)C(=O)[C@@H]2C)cc1. The van der Waals surface area contributed by atoms with Crippen LogP contribution >= 0.6 is 11.6 Å². The highest BCUT2D eigenvalue weighted by Crippen LogP contribution is 2.23. The van der Waals surface area contributed by atoms with Gasteiger partial charge < -0.3 is 14.5 Å². The number of amides is 3. The van der Waals surface area contributed by atoms with Crippen molar-refractivity contribution in [2.75, 3.05) is 33.8 Å². The van der Waals surface area contributed by atoms with Gasteiger partial charge in [-0.1, -0.05) is 23.7 Å². The predicted octanol–water partition coefficient (Wildman–Crippen LogP) is 1.54. The molecule has 1 fully saturated rings. The maximum atomic E-state index is 13.7. The summed E-state index contributed by atoms with van der Waals surface area (Å²) in [6.07, 6.45) is 0.00867. The minimum absolute atomic E-state index is 0.0316. The van der Waals surface area contributed by atoms with Crippen LogP contribution in [0.3, 0.4) is 0 Å². The van der Waals surface area contributed by atoms with Crippen LogP contribution in [-0.4, -0.2) is 91.3 Å². The molecule has 1 unspecified atom stereocenters. The van der Waals surface area contributed by atoms with Gasteiger partial charge in [-0.3, -0.25) is 19.6 Å². The molecule has 1 heterocycles. The lowest BCUT2D eigenvalue weighted by atomic mass is 10.0. The molecule has 38 heavy (non-hydrogen) atoms. The number of benzene rings is 2. The van der Waals surface area contributed by atoms with E-state index >= 15 is 0 Å². The van der Waals surface area contributed by atoms with Gasteiger partial charge in [-0.15, -0.1) is 0 Å². The topological polar surface area (TPSA) is 137 Å². The summed E-state index contributed by atoms with van der Waals surface area (Å²) in [6.45, 7) is 0.968. The quantitative estimate of drug-likeness (QED) is 0.329. The lowest BCUT2D eigenvalue weighted by molar-refractivity contribution is -0.155.